The van der Waals surface area contributed by atoms with Gasteiger partial charge in [0.1, 0.15) is 16.0 Å². The van der Waals surface area contributed by atoms with Gasteiger partial charge in [-0.2, -0.15) is 0 Å². The molecule has 4 heterocycles. The van der Waals surface area contributed by atoms with E-state index in [0.29, 0.717) is 33.7 Å². The van der Waals surface area contributed by atoms with Gasteiger partial charge in [-0.25, -0.2) is 14.8 Å². The third-order valence-corrected chi connectivity index (χ3v) is 6.45. The lowest BCUT2D eigenvalue weighted by Gasteiger charge is -2.34. The molecule has 0 aliphatic carbocycles. The molecule has 0 bridgehead atoms. The quantitative estimate of drug-likeness (QED) is 0.617. The highest BCUT2D eigenvalue weighted by Gasteiger charge is 2.47. The van der Waals surface area contributed by atoms with Gasteiger partial charge < -0.3 is 14.8 Å². The number of pyridine rings is 2. The number of hydrogen-bond acceptors (Lipinski definition) is 7. The zero-order valence-electron chi connectivity index (χ0n) is 16.7. The molecule has 0 saturated heterocycles. The molecule has 156 valence electrons. The number of methoxy groups -OCH3 is 1. The molecule has 1 N–H and O–H groups in total. The van der Waals surface area contributed by atoms with E-state index < -0.39 is 17.3 Å². The van der Waals surface area contributed by atoms with Crippen molar-refractivity contribution in [3.63, 3.8) is 0 Å². The highest BCUT2D eigenvalue weighted by atomic mass is 32.2. The van der Waals surface area contributed by atoms with Gasteiger partial charge in [0, 0.05) is 17.8 Å². The van der Waals surface area contributed by atoms with E-state index in [1.54, 1.807) is 29.3 Å². The van der Waals surface area contributed by atoms with E-state index in [9.17, 15) is 9.59 Å². The highest BCUT2D eigenvalue weighted by molar-refractivity contribution is 8.01. The number of para-hydroxylation sites is 1. The minimum atomic E-state index is -0.569. The molecule has 3 aromatic rings. The molecule has 2 unspecified atom stereocenters. The number of amides is 2. The molecule has 2 aliphatic heterocycles. The summed E-state index contributed by atoms with van der Waals surface area (Å²) in [6, 6.07) is 13.8. The number of carbonyl (C=O) groups is 2. The summed E-state index contributed by atoms with van der Waals surface area (Å²) in [5, 5.41) is 3.07. The molecular formula is C22H18N4O4S. The zero-order chi connectivity index (χ0) is 21.5. The predicted molar refractivity (Wildman–Crippen MR) is 115 cm³/mol. The van der Waals surface area contributed by atoms with Crippen molar-refractivity contribution in [1.29, 1.82) is 0 Å². The summed E-state index contributed by atoms with van der Waals surface area (Å²) in [5.74, 6) is 0.718. The molecule has 5 rings (SSSR count). The second-order valence-corrected chi connectivity index (χ2v) is 8.17. The molecule has 0 fully saturated rings. The van der Waals surface area contributed by atoms with Crippen LogP contribution in [0.3, 0.4) is 0 Å². The van der Waals surface area contributed by atoms with Crippen LogP contribution >= 0.6 is 11.8 Å². The number of aryl methyl sites for hydroxylation is 1. The Kier molecular flexibility index (Phi) is 4.74. The van der Waals surface area contributed by atoms with E-state index >= 15 is 0 Å². The third-order valence-electron chi connectivity index (χ3n) is 5.18. The lowest BCUT2D eigenvalue weighted by Crippen LogP contribution is -2.47. The van der Waals surface area contributed by atoms with E-state index in [0.717, 1.165) is 5.56 Å². The summed E-state index contributed by atoms with van der Waals surface area (Å²) in [4.78, 5) is 35.8. The van der Waals surface area contributed by atoms with Crippen molar-refractivity contribution >= 4 is 35.1 Å². The number of rotatable bonds is 4. The van der Waals surface area contributed by atoms with Gasteiger partial charge in [-0.15, -0.1) is 0 Å². The van der Waals surface area contributed by atoms with Crippen molar-refractivity contribution < 1.29 is 19.1 Å². The van der Waals surface area contributed by atoms with E-state index in [1.165, 1.54) is 18.9 Å². The fourth-order valence-electron chi connectivity index (χ4n) is 3.79. The first-order valence-electron chi connectivity index (χ1n) is 9.61. The predicted octanol–water partition coefficient (Wildman–Crippen LogP) is 4.13. The number of esters is 1. The summed E-state index contributed by atoms with van der Waals surface area (Å²) in [6.45, 7) is 1.82. The number of anilines is 2. The van der Waals surface area contributed by atoms with Gasteiger partial charge in [0.15, 0.2) is 0 Å². The number of thioether (sulfide) groups is 1. The number of hydrogen-bond donors (Lipinski definition) is 1. The first kappa shape index (κ1) is 19.4. The molecule has 2 amide bonds. The Morgan fingerprint density at radius 2 is 1.94 bits per heavy atom. The topological polar surface area (TPSA) is 93.6 Å². The molecule has 2 aliphatic rings. The molecule has 0 spiro atoms. The van der Waals surface area contributed by atoms with Crippen molar-refractivity contribution in [1.82, 2.24) is 15.3 Å². The lowest BCUT2D eigenvalue weighted by atomic mass is 10.0. The number of urea groups is 1. The normalized spacial score (nSPS) is 18.9. The van der Waals surface area contributed by atoms with E-state index in [2.05, 4.69) is 15.3 Å². The molecule has 8 nitrogen and oxygen atoms in total. The van der Waals surface area contributed by atoms with Crippen molar-refractivity contribution in [3.05, 3.63) is 66.0 Å². The van der Waals surface area contributed by atoms with Crippen LogP contribution in [0.15, 0.2) is 59.8 Å². The van der Waals surface area contributed by atoms with E-state index in [4.69, 9.17) is 9.47 Å². The first-order chi connectivity index (χ1) is 15.1. The second-order valence-electron chi connectivity index (χ2n) is 7.04. The smallest absolute Gasteiger partial charge is 0.327 e. The average Bonchev–Trinajstić information content (AvgIpc) is 3.14. The summed E-state index contributed by atoms with van der Waals surface area (Å²) in [6.07, 6.45) is 1.64. The van der Waals surface area contributed by atoms with Gasteiger partial charge in [-0.05, 0) is 31.2 Å². The van der Waals surface area contributed by atoms with Crippen molar-refractivity contribution in [2.24, 2.45) is 0 Å². The fraction of sp³-hybridized carbons (Fsp3) is 0.182. The zero-order valence-corrected chi connectivity index (χ0v) is 17.6. The van der Waals surface area contributed by atoms with Gasteiger partial charge in [0.05, 0.1) is 30.2 Å². The van der Waals surface area contributed by atoms with Crippen LogP contribution in [0.4, 0.5) is 16.2 Å². The molecule has 2 atom stereocenters. The van der Waals surface area contributed by atoms with Crippen LogP contribution in [0.25, 0.3) is 0 Å². The Morgan fingerprint density at radius 3 is 2.68 bits per heavy atom. The number of aromatic nitrogens is 2. The number of ether oxygens (including phenoxy) is 2. The minimum absolute atomic E-state index is 0.340. The molecule has 31 heavy (non-hydrogen) atoms. The SMILES string of the molecule is COC(=O)C1Sc2nccc3c2C1NC(=O)N3c1ccc(Oc2ccccc2)nc1C. The maximum absolute atomic E-state index is 13.1. The molecule has 0 saturated carbocycles. The molecular weight excluding hydrogens is 416 g/mol. The maximum atomic E-state index is 13.1. The van der Waals surface area contributed by atoms with Gasteiger partial charge >= 0.3 is 12.0 Å². The van der Waals surface area contributed by atoms with E-state index in [-0.39, 0.29) is 6.03 Å². The second kappa shape index (κ2) is 7.59. The number of benzene rings is 1. The summed E-state index contributed by atoms with van der Waals surface area (Å²) >= 11 is 1.30. The first-order valence-corrected chi connectivity index (χ1v) is 10.5. The van der Waals surface area contributed by atoms with Crippen molar-refractivity contribution in [2.45, 2.75) is 23.2 Å². The lowest BCUT2D eigenvalue weighted by molar-refractivity contribution is -0.140. The van der Waals surface area contributed by atoms with Gasteiger partial charge in [-0.1, -0.05) is 30.0 Å². The van der Waals surface area contributed by atoms with Crippen LogP contribution in [0, 0.1) is 6.92 Å². The minimum Gasteiger partial charge on any atom is -0.468 e. The number of nitrogens with zero attached hydrogens (tertiary/aromatic N) is 3. The van der Waals surface area contributed by atoms with Gasteiger partial charge in [0.25, 0.3) is 0 Å². The fourth-order valence-corrected chi connectivity index (χ4v) is 5.05. The largest absolute Gasteiger partial charge is 0.468 e. The maximum Gasteiger partial charge on any atom is 0.327 e. The van der Waals surface area contributed by atoms with E-state index in [1.807, 2.05) is 37.3 Å². The molecule has 1 aromatic carbocycles. The van der Waals surface area contributed by atoms with Gasteiger partial charge in [-0.3, -0.25) is 9.69 Å². The Labute approximate surface area is 182 Å². The highest BCUT2D eigenvalue weighted by Crippen LogP contribution is 2.51. The number of nitrogens with one attached hydrogen (secondary N) is 1. The standard InChI is InChI=1S/C22H18N4O4S/c1-12-14(8-9-16(24-12)30-13-6-4-3-5-7-13)26-15-10-11-23-20-17(15)18(25-22(26)28)19(31-20)21(27)29-2/h3-11,18-19H,1-2H3,(H,25,28). The summed E-state index contributed by atoms with van der Waals surface area (Å²) in [5.41, 5.74) is 2.74. The Bertz CT molecular complexity index is 1190. The van der Waals surface area contributed by atoms with Crippen LogP contribution < -0.4 is 15.0 Å². The Morgan fingerprint density at radius 1 is 1.13 bits per heavy atom. The van der Waals surface area contributed by atoms with Crippen LogP contribution in [0.2, 0.25) is 0 Å². The van der Waals surface area contributed by atoms with Crippen LogP contribution in [0.1, 0.15) is 17.3 Å². The number of carbonyl (C=O) groups excluding carboxylic acids is 2. The molecule has 2 aromatic heterocycles. The molecule has 0 radical (unpaired) electrons. The average molecular weight is 434 g/mol. The molecule has 9 heteroatoms. The van der Waals surface area contributed by atoms with Crippen LogP contribution in [-0.2, 0) is 9.53 Å². The summed E-state index contributed by atoms with van der Waals surface area (Å²) in [7, 11) is 1.34. The van der Waals surface area contributed by atoms with Crippen molar-refractivity contribution in [2.75, 3.05) is 12.0 Å². The van der Waals surface area contributed by atoms with Crippen LogP contribution in [0.5, 0.6) is 11.6 Å². The monoisotopic (exact) mass is 434 g/mol. The third kappa shape index (κ3) is 3.27. The Hall–Kier alpha value is -3.59. The van der Waals surface area contributed by atoms with Crippen LogP contribution in [-0.4, -0.2) is 34.3 Å². The van der Waals surface area contributed by atoms with Gasteiger partial charge in [0.2, 0.25) is 5.88 Å². The Balaban J connectivity index is 1.51. The van der Waals surface area contributed by atoms with Crippen molar-refractivity contribution in [3.8, 4) is 11.6 Å². The summed E-state index contributed by atoms with van der Waals surface area (Å²) < 4.78 is 10.7.